The molecule has 2 N–H and O–H groups in total. The van der Waals surface area contributed by atoms with Gasteiger partial charge in [-0.05, 0) is 47.7 Å². The molecular formula is C18H16N2O4S. The largest absolute Gasteiger partial charge is 0.506 e. The summed E-state index contributed by atoms with van der Waals surface area (Å²) in [5, 5.41) is 12.9. The Morgan fingerprint density at radius 2 is 1.88 bits per heavy atom. The van der Waals surface area contributed by atoms with Crippen LogP contribution >= 0.6 is 11.8 Å². The zero-order valence-corrected chi connectivity index (χ0v) is 14.5. The van der Waals surface area contributed by atoms with Crippen molar-refractivity contribution in [2.75, 3.05) is 14.2 Å². The number of amidine groups is 1. The van der Waals surface area contributed by atoms with Gasteiger partial charge in [0.15, 0.2) is 16.7 Å². The lowest BCUT2D eigenvalue weighted by Gasteiger charge is -2.07. The van der Waals surface area contributed by atoms with Crippen LogP contribution in [0.4, 0.5) is 5.69 Å². The molecule has 1 saturated heterocycles. The maximum absolute atomic E-state index is 12.1. The van der Waals surface area contributed by atoms with Crippen LogP contribution in [-0.2, 0) is 4.79 Å². The van der Waals surface area contributed by atoms with Crippen LogP contribution in [0.15, 0.2) is 52.4 Å². The SMILES string of the molecule is COc1ccc(/C=C2/SC(=Nc3ccccc3O)NC2=O)cc1OC. The monoisotopic (exact) mass is 356 g/mol. The molecule has 25 heavy (non-hydrogen) atoms. The predicted molar refractivity (Wildman–Crippen MR) is 98.5 cm³/mol. The Balaban J connectivity index is 1.86. The number of thioether (sulfide) groups is 1. The lowest BCUT2D eigenvalue weighted by atomic mass is 10.2. The van der Waals surface area contributed by atoms with Crippen LogP contribution in [0.1, 0.15) is 5.56 Å². The molecule has 0 aromatic heterocycles. The summed E-state index contributed by atoms with van der Waals surface area (Å²) in [4.78, 5) is 16.9. The van der Waals surface area contributed by atoms with Gasteiger partial charge >= 0.3 is 0 Å². The van der Waals surface area contributed by atoms with Crippen molar-refractivity contribution in [1.82, 2.24) is 5.32 Å². The van der Waals surface area contributed by atoms with Crippen LogP contribution in [-0.4, -0.2) is 30.4 Å². The fraction of sp³-hybridized carbons (Fsp3) is 0.111. The van der Waals surface area contributed by atoms with Crippen molar-refractivity contribution in [3.63, 3.8) is 0 Å². The molecular weight excluding hydrogens is 340 g/mol. The smallest absolute Gasteiger partial charge is 0.264 e. The van der Waals surface area contributed by atoms with Gasteiger partial charge in [0.25, 0.3) is 5.91 Å². The van der Waals surface area contributed by atoms with E-state index in [1.165, 1.54) is 11.8 Å². The van der Waals surface area contributed by atoms with Crippen LogP contribution in [0.3, 0.4) is 0 Å². The summed E-state index contributed by atoms with van der Waals surface area (Å²) < 4.78 is 10.5. The number of benzene rings is 2. The molecule has 1 heterocycles. The fourth-order valence-corrected chi connectivity index (χ4v) is 3.08. The van der Waals surface area contributed by atoms with Crippen molar-refractivity contribution in [3.8, 4) is 17.2 Å². The minimum absolute atomic E-state index is 0.0576. The summed E-state index contributed by atoms with van der Waals surface area (Å²) in [6, 6.07) is 12.1. The number of nitrogens with one attached hydrogen (secondary N) is 1. The lowest BCUT2D eigenvalue weighted by Crippen LogP contribution is -2.19. The van der Waals surface area contributed by atoms with Gasteiger partial charge in [-0.25, -0.2) is 4.99 Å². The number of amides is 1. The Bertz CT molecular complexity index is 877. The Labute approximate surface area is 149 Å². The number of phenolic OH excluding ortho intramolecular Hbond substituents is 1. The average molecular weight is 356 g/mol. The molecule has 6 nitrogen and oxygen atoms in total. The summed E-state index contributed by atoms with van der Waals surface area (Å²) in [5.74, 6) is 1.02. The topological polar surface area (TPSA) is 80.2 Å². The van der Waals surface area contributed by atoms with E-state index in [9.17, 15) is 9.90 Å². The van der Waals surface area contributed by atoms with Gasteiger partial charge in [0.2, 0.25) is 0 Å². The highest BCUT2D eigenvalue weighted by Crippen LogP contribution is 2.33. The third-order valence-corrected chi connectivity index (χ3v) is 4.37. The van der Waals surface area contributed by atoms with E-state index in [1.54, 1.807) is 56.7 Å². The highest BCUT2D eigenvalue weighted by atomic mass is 32.2. The van der Waals surface area contributed by atoms with E-state index in [0.717, 1.165) is 5.56 Å². The highest BCUT2D eigenvalue weighted by Gasteiger charge is 2.24. The molecule has 128 valence electrons. The number of methoxy groups -OCH3 is 2. The quantitative estimate of drug-likeness (QED) is 0.822. The van der Waals surface area contributed by atoms with Gasteiger partial charge in [0.05, 0.1) is 19.1 Å². The van der Waals surface area contributed by atoms with E-state index in [1.807, 2.05) is 6.07 Å². The van der Waals surface area contributed by atoms with Crippen LogP contribution in [0.2, 0.25) is 0 Å². The van der Waals surface area contributed by atoms with Gasteiger partial charge in [-0.2, -0.15) is 0 Å². The van der Waals surface area contributed by atoms with Crippen molar-refractivity contribution in [3.05, 3.63) is 52.9 Å². The van der Waals surface area contributed by atoms with Gasteiger partial charge in [-0.15, -0.1) is 0 Å². The molecule has 7 heteroatoms. The molecule has 0 bridgehead atoms. The zero-order chi connectivity index (χ0) is 17.8. The molecule has 0 atom stereocenters. The van der Waals surface area contributed by atoms with Crippen molar-refractivity contribution in [2.24, 2.45) is 4.99 Å². The number of hydrogen-bond acceptors (Lipinski definition) is 6. The molecule has 0 unspecified atom stereocenters. The molecule has 2 aromatic rings. The van der Waals surface area contributed by atoms with Gasteiger partial charge in [-0.1, -0.05) is 18.2 Å². The molecule has 0 spiro atoms. The molecule has 2 aromatic carbocycles. The summed E-state index contributed by atoms with van der Waals surface area (Å²) in [5.41, 5.74) is 1.21. The normalized spacial score (nSPS) is 17.0. The number of carbonyl (C=O) groups is 1. The number of aliphatic imine (C=N–C) groups is 1. The Hall–Kier alpha value is -2.93. The third-order valence-electron chi connectivity index (χ3n) is 3.46. The minimum Gasteiger partial charge on any atom is -0.506 e. The second kappa shape index (κ2) is 7.31. The van der Waals surface area contributed by atoms with Crippen molar-refractivity contribution < 1.29 is 19.4 Å². The first-order chi connectivity index (χ1) is 12.1. The van der Waals surface area contributed by atoms with Gasteiger partial charge < -0.3 is 19.9 Å². The molecule has 3 rings (SSSR count). The zero-order valence-electron chi connectivity index (χ0n) is 13.6. The van der Waals surface area contributed by atoms with E-state index in [4.69, 9.17) is 9.47 Å². The van der Waals surface area contributed by atoms with E-state index >= 15 is 0 Å². The van der Waals surface area contributed by atoms with Crippen molar-refractivity contribution >= 4 is 34.6 Å². The molecule has 1 fully saturated rings. The second-order valence-electron chi connectivity index (χ2n) is 5.08. The van der Waals surface area contributed by atoms with Crippen LogP contribution < -0.4 is 14.8 Å². The summed E-state index contributed by atoms with van der Waals surface area (Å²) >= 11 is 1.21. The summed E-state index contributed by atoms with van der Waals surface area (Å²) in [6.07, 6.45) is 1.75. The Kier molecular flexibility index (Phi) is 4.95. The average Bonchev–Trinajstić information content (AvgIpc) is 2.96. The lowest BCUT2D eigenvalue weighted by molar-refractivity contribution is -0.115. The Morgan fingerprint density at radius 3 is 2.60 bits per heavy atom. The Morgan fingerprint density at radius 1 is 1.12 bits per heavy atom. The van der Waals surface area contributed by atoms with E-state index < -0.39 is 0 Å². The number of ether oxygens (including phenoxy) is 2. The van der Waals surface area contributed by atoms with Gasteiger partial charge in [0.1, 0.15) is 11.4 Å². The molecule has 1 aliphatic rings. The molecule has 0 radical (unpaired) electrons. The second-order valence-corrected chi connectivity index (χ2v) is 6.12. The molecule has 0 aliphatic carbocycles. The maximum atomic E-state index is 12.1. The van der Waals surface area contributed by atoms with Gasteiger partial charge in [0, 0.05) is 0 Å². The molecule has 1 aliphatic heterocycles. The third kappa shape index (κ3) is 3.77. The number of aromatic hydroxyl groups is 1. The number of hydrogen-bond donors (Lipinski definition) is 2. The van der Waals surface area contributed by atoms with Crippen LogP contribution in [0.5, 0.6) is 17.2 Å². The van der Waals surface area contributed by atoms with Crippen LogP contribution in [0.25, 0.3) is 6.08 Å². The number of carbonyl (C=O) groups excluding carboxylic acids is 1. The number of para-hydroxylation sites is 2. The summed E-state index contributed by atoms with van der Waals surface area (Å²) in [6.45, 7) is 0. The minimum atomic E-state index is -0.242. The van der Waals surface area contributed by atoms with Crippen molar-refractivity contribution in [2.45, 2.75) is 0 Å². The van der Waals surface area contributed by atoms with E-state index in [0.29, 0.717) is 27.3 Å². The van der Waals surface area contributed by atoms with Crippen molar-refractivity contribution in [1.29, 1.82) is 0 Å². The summed E-state index contributed by atoms with van der Waals surface area (Å²) in [7, 11) is 3.13. The predicted octanol–water partition coefficient (Wildman–Crippen LogP) is 3.30. The fourth-order valence-electron chi connectivity index (χ4n) is 2.24. The molecule has 1 amide bonds. The van der Waals surface area contributed by atoms with E-state index in [-0.39, 0.29) is 11.7 Å². The maximum Gasteiger partial charge on any atom is 0.264 e. The van der Waals surface area contributed by atoms with E-state index in [2.05, 4.69) is 10.3 Å². The van der Waals surface area contributed by atoms with Crippen LogP contribution in [0, 0.1) is 0 Å². The first-order valence-corrected chi connectivity index (χ1v) is 8.22. The number of rotatable bonds is 4. The number of phenols is 1. The first kappa shape index (κ1) is 16.9. The highest BCUT2D eigenvalue weighted by molar-refractivity contribution is 8.18. The number of nitrogens with zero attached hydrogens (tertiary/aromatic N) is 1. The first-order valence-electron chi connectivity index (χ1n) is 7.40. The molecule has 0 saturated carbocycles. The standard InChI is InChI=1S/C18H16N2O4S/c1-23-14-8-7-11(9-15(14)24-2)10-16-17(22)20-18(25-16)19-12-5-3-4-6-13(12)21/h3-10,21H,1-2H3,(H,19,20,22)/b16-10+. The van der Waals surface area contributed by atoms with Gasteiger partial charge in [-0.3, -0.25) is 4.79 Å².